The van der Waals surface area contributed by atoms with Crippen molar-refractivity contribution in [1.82, 2.24) is 19.7 Å². The average Bonchev–Trinajstić information content (AvgIpc) is 3.55. The summed E-state index contributed by atoms with van der Waals surface area (Å²) < 4.78 is 28.6. The summed E-state index contributed by atoms with van der Waals surface area (Å²) >= 11 is 6.13. The third-order valence-corrected chi connectivity index (χ3v) is 8.07. The highest BCUT2D eigenvalue weighted by Crippen LogP contribution is 2.51. The molecule has 0 radical (unpaired) electrons. The first-order chi connectivity index (χ1) is 17.5. The zero-order valence-corrected chi connectivity index (χ0v) is 21.0. The number of hydrogen-bond acceptors (Lipinski definition) is 12. The van der Waals surface area contributed by atoms with Crippen LogP contribution in [0.3, 0.4) is 0 Å². The molecular formula is C19H28ClN6O10P. The number of anilines is 1. The average molecular weight is 567 g/mol. The Morgan fingerprint density at radius 1 is 1.30 bits per heavy atom. The monoisotopic (exact) mass is 566 g/mol. The Labute approximate surface area is 214 Å². The zero-order chi connectivity index (χ0) is 27.0. The van der Waals surface area contributed by atoms with Crippen LogP contribution in [0.4, 0.5) is 10.6 Å². The number of carbonyl (C=O) groups is 1. The van der Waals surface area contributed by atoms with Crippen LogP contribution in [-0.2, 0) is 18.8 Å². The van der Waals surface area contributed by atoms with Gasteiger partial charge in [0.1, 0.15) is 30.7 Å². The lowest BCUT2D eigenvalue weighted by molar-refractivity contribution is -0.122. The van der Waals surface area contributed by atoms with E-state index in [-0.39, 0.29) is 17.0 Å². The number of hydrogen-bond donors (Lipinski definition) is 7. The minimum atomic E-state index is -5.24. The summed E-state index contributed by atoms with van der Waals surface area (Å²) in [7, 11) is -5.24. The Morgan fingerprint density at radius 2 is 2.00 bits per heavy atom. The molecule has 0 spiro atoms. The first-order valence-electron chi connectivity index (χ1n) is 11.4. The molecule has 2 aromatic heterocycles. The number of rotatable bonds is 10. The molecule has 2 fully saturated rings. The molecular weight excluding hydrogens is 539 g/mol. The van der Waals surface area contributed by atoms with Gasteiger partial charge < -0.3 is 50.4 Å². The van der Waals surface area contributed by atoms with Crippen molar-refractivity contribution >= 4 is 42.1 Å². The second kappa shape index (κ2) is 10.9. The number of aromatic nitrogens is 4. The van der Waals surface area contributed by atoms with Gasteiger partial charge in [-0.1, -0.05) is 12.8 Å². The molecule has 8 N–H and O–H groups in total. The number of fused-ring (bicyclic) bond motifs is 1. The predicted molar refractivity (Wildman–Crippen MR) is 125 cm³/mol. The first-order valence-corrected chi connectivity index (χ1v) is 13.4. The van der Waals surface area contributed by atoms with Crippen molar-refractivity contribution < 1.29 is 48.7 Å². The molecule has 37 heavy (non-hydrogen) atoms. The largest absolute Gasteiger partial charge is 0.446 e. The normalized spacial score (nSPS) is 26.4. The summed E-state index contributed by atoms with van der Waals surface area (Å²) in [6.07, 6.45) is -1.52. The minimum absolute atomic E-state index is 0.0773. The molecule has 0 aromatic carbocycles. The molecule has 1 saturated carbocycles. The fourth-order valence-electron chi connectivity index (χ4n) is 4.34. The lowest BCUT2D eigenvalue weighted by Crippen LogP contribution is -2.46. The summed E-state index contributed by atoms with van der Waals surface area (Å²) in [6.45, 7) is -3.05. The molecule has 2 aliphatic rings. The predicted octanol–water partition coefficient (Wildman–Crippen LogP) is -0.568. The number of aliphatic hydroxyl groups is 3. The number of primary amides is 1. The fourth-order valence-corrected chi connectivity index (χ4v) is 5.17. The van der Waals surface area contributed by atoms with E-state index in [9.17, 15) is 34.5 Å². The zero-order valence-electron chi connectivity index (χ0n) is 19.4. The third kappa shape index (κ3) is 5.67. The number of carbonyl (C=O) groups excluding carboxylic acids is 1. The van der Waals surface area contributed by atoms with Gasteiger partial charge in [-0.25, -0.2) is 9.48 Å². The van der Waals surface area contributed by atoms with Gasteiger partial charge in [-0.2, -0.15) is 15.1 Å². The van der Waals surface area contributed by atoms with E-state index >= 15 is 0 Å². The molecule has 1 saturated heterocycles. The maximum atomic E-state index is 12.0. The second-order valence-corrected chi connectivity index (χ2v) is 11.1. The second-order valence-electron chi connectivity index (χ2n) is 8.91. The van der Waals surface area contributed by atoms with Crippen LogP contribution in [0.1, 0.15) is 31.9 Å². The van der Waals surface area contributed by atoms with Crippen LogP contribution in [0.15, 0.2) is 6.20 Å². The molecule has 5 atom stereocenters. The van der Waals surface area contributed by atoms with Gasteiger partial charge in [0, 0.05) is 6.04 Å². The number of nitrogens with one attached hydrogen (secondary N) is 1. The van der Waals surface area contributed by atoms with E-state index in [4.69, 9.17) is 26.8 Å². The number of amides is 1. The quantitative estimate of drug-likeness (QED) is 0.141. The van der Waals surface area contributed by atoms with Gasteiger partial charge in [-0.15, -0.1) is 0 Å². The molecule has 0 bridgehead atoms. The van der Waals surface area contributed by atoms with Crippen molar-refractivity contribution in [3.8, 4) is 0 Å². The van der Waals surface area contributed by atoms with E-state index in [1.54, 1.807) is 0 Å². The maximum absolute atomic E-state index is 12.0. The summed E-state index contributed by atoms with van der Waals surface area (Å²) in [5, 5.41) is 36.2. The van der Waals surface area contributed by atoms with Crippen LogP contribution in [0.2, 0.25) is 5.28 Å². The molecule has 4 rings (SSSR count). The molecule has 206 valence electrons. The topological polar surface area (TPSA) is 245 Å². The van der Waals surface area contributed by atoms with E-state index in [1.807, 2.05) is 0 Å². The van der Waals surface area contributed by atoms with E-state index in [1.165, 1.54) is 10.9 Å². The molecule has 3 heterocycles. The summed E-state index contributed by atoms with van der Waals surface area (Å²) in [6, 6.07) is 0.216. The number of halogens is 1. The van der Waals surface area contributed by atoms with Gasteiger partial charge in [0.15, 0.2) is 11.9 Å². The van der Waals surface area contributed by atoms with Crippen LogP contribution < -0.4 is 11.1 Å². The SMILES string of the molecule is NC(=O)OC[C@](CO)(OC[C@@H]1O[C@H](n2ncc3c(NC4CCCC4)nc(Cl)nc32)[C@@H](O)[C@H]1O)P(=O)(O)O. The van der Waals surface area contributed by atoms with Gasteiger partial charge >= 0.3 is 13.7 Å². The van der Waals surface area contributed by atoms with Crippen molar-refractivity contribution in [3.63, 3.8) is 0 Å². The van der Waals surface area contributed by atoms with E-state index in [0.29, 0.717) is 11.2 Å². The molecule has 18 heteroatoms. The van der Waals surface area contributed by atoms with Crippen molar-refractivity contribution in [2.24, 2.45) is 5.73 Å². The molecule has 0 unspecified atom stereocenters. The van der Waals surface area contributed by atoms with Gasteiger partial charge in [0.05, 0.1) is 24.8 Å². The van der Waals surface area contributed by atoms with Crippen LogP contribution in [-0.4, -0.2) is 100 Å². The summed E-state index contributed by atoms with van der Waals surface area (Å²) in [4.78, 5) is 38.8. The lowest BCUT2D eigenvalue weighted by atomic mass is 10.1. The van der Waals surface area contributed by atoms with Crippen LogP contribution in [0, 0.1) is 0 Å². The van der Waals surface area contributed by atoms with Gasteiger partial charge in [0.2, 0.25) is 10.6 Å². The minimum Gasteiger partial charge on any atom is -0.446 e. The van der Waals surface area contributed by atoms with Crippen molar-refractivity contribution in [3.05, 3.63) is 11.5 Å². The Morgan fingerprint density at radius 3 is 2.62 bits per heavy atom. The highest BCUT2D eigenvalue weighted by Gasteiger charge is 2.52. The molecule has 2 aromatic rings. The van der Waals surface area contributed by atoms with Gasteiger partial charge in [-0.05, 0) is 24.4 Å². The smallest absolute Gasteiger partial charge is 0.404 e. The molecule has 16 nitrogen and oxygen atoms in total. The lowest BCUT2D eigenvalue weighted by Gasteiger charge is -2.32. The van der Waals surface area contributed by atoms with E-state index in [0.717, 1.165) is 25.7 Å². The summed E-state index contributed by atoms with van der Waals surface area (Å²) in [5.41, 5.74) is 5.07. The number of aliphatic hydroxyl groups excluding tert-OH is 3. The Hall–Kier alpha value is -2.14. The third-order valence-electron chi connectivity index (χ3n) is 6.43. The van der Waals surface area contributed by atoms with Crippen LogP contribution >= 0.6 is 19.2 Å². The Balaban J connectivity index is 1.54. The number of nitrogens with zero attached hydrogens (tertiary/aromatic N) is 4. The van der Waals surface area contributed by atoms with Crippen molar-refractivity contribution in [2.75, 3.05) is 25.1 Å². The molecule has 1 amide bonds. The van der Waals surface area contributed by atoms with E-state index in [2.05, 4.69) is 25.1 Å². The highest BCUT2D eigenvalue weighted by atomic mass is 35.5. The number of ether oxygens (including phenoxy) is 3. The van der Waals surface area contributed by atoms with Crippen LogP contribution in [0.5, 0.6) is 0 Å². The molecule has 1 aliphatic heterocycles. The highest BCUT2D eigenvalue weighted by molar-refractivity contribution is 7.53. The van der Waals surface area contributed by atoms with Crippen molar-refractivity contribution in [2.45, 2.75) is 61.6 Å². The first kappa shape index (κ1) is 27.9. The standard InChI is InChI=1S/C19H28ClN6O10P/c20-17-24-14(23-9-3-1-2-4-9)10-5-22-26(15(10)25-17)16-13(29)12(28)11(36-16)6-35-19(7-27,37(31,32)33)8-34-18(21)30/h5,9,11-13,16,27-29H,1-4,6-8H2,(H2,21,30)(H,23,24,25)(H2,31,32,33)/t11-,12-,13-,16-,19+/m0/s1. The Bertz CT molecular complexity index is 1180. The fraction of sp³-hybridized carbons (Fsp3) is 0.684. The van der Waals surface area contributed by atoms with E-state index < -0.39 is 63.4 Å². The summed E-state index contributed by atoms with van der Waals surface area (Å²) in [5.74, 6) is 0.463. The van der Waals surface area contributed by atoms with Crippen LogP contribution in [0.25, 0.3) is 11.0 Å². The molecule has 1 aliphatic carbocycles. The number of nitrogens with two attached hydrogens (primary N) is 1. The Kier molecular flexibility index (Phi) is 8.23. The van der Waals surface area contributed by atoms with Gasteiger partial charge in [-0.3, -0.25) is 4.57 Å². The van der Waals surface area contributed by atoms with Crippen molar-refractivity contribution in [1.29, 1.82) is 0 Å². The maximum Gasteiger partial charge on any atom is 0.404 e. The van der Waals surface area contributed by atoms with Gasteiger partial charge in [0.25, 0.3) is 0 Å².